The number of carboxylic acid groups (broad SMARTS) is 1. The zero-order valence-electron chi connectivity index (χ0n) is 11.9. The van der Waals surface area contributed by atoms with E-state index in [1.165, 1.54) is 0 Å². The Kier molecular flexibility index (Phi) is 5.17. The lowest BCUT2D eigenvalue weighted by molar-refractivity contribution is -0.137. The van der Waals surface area contributed by atoms with Crippen LogP contribution in [0.4, 0.5) is 5.95 Å². The molecule has 1 atom stereocenters. The Labute approximate surface area is 123 Å². The van der Waals surface area contributed by atoms with Gasteiger partial charge < -0.3 is 10.0 Å². The van der Waals surface area contributed by atoms with E-state index in [4.69, 9.17) is 5.11 Å². The standard InChI is InChI=1S/C13H20N4O2S/c1-3-10-11(4-2)15-16-13(14-10)17-5-6-20-8-9(17)7-12(18)19/h9H,3-8H2,1-2H3,(H,18,19). The molecule has 0 aliphatic carbocycles. The summed E-state index contributed by atoms with van der Waals surface area (Å²) in [6.45, 7) is 4.86. The molecule has 110 valence electrons. The van der Waals surface area contributed by atoms with Gasteiger partial charge in [0.05, 0.1) is 23.9 Å². The van der Waals surface area contributed by atoms with Crippen LogP contribution in [-0.2, 0) is 17.6 Å². The van der Waals surface area contributed by atoms with Gasteiger partial charge in [0, 0.05) is 18.1 Å². The first-order valence-corrected chi connectivity index (χ1v) is 8.09. The Morgan fingerprint density at radius 2 is 2.10 bits per heavy atom. The Balaban J connectivity index is 2.25. The number of aliphatic carboxylic acids is 1. The smallest absolute Gasteiger partial charge is 0.305 e. The summed E-state index contributed by atoms with van der Waals surface area (Å²) < 4.78 is 0. The summed E-state index contributed by atoms with van der Waals surface area (Å²) >= 11 is 1.78. The number of hydrogen-bond acceptors (Lipinski definition) is 6. The third-order valence-corrected chi connectivity index (χ3v) is 4.48. The van der Waals surface area contributed by atoms with E-state index in [1.54, 1.807) is 11.8 Å². The molecule has 0 bridgehead atoms. The Morgan fingerprint density at radius 3 is 2.75 bits per heavy atom. The number of anilines is 1. The first-order chi connectivity index (χ1) is 9.65. The second-order valence-electron chi connectivity index (χ2n) is 4.73. The van der Waals surface area contributed by atoms with Crippen LogP contribution in [0.25, 0.3) is 0 Å². The van der Waals surface area contributed by atoms with Crippen molar-refractivity contribution in [3.63, 3.8) is 0 Å². The molecule has 7 heteroatoms. The number of hydrogen-bond donors (Lipinski definition) is 1. The zero-order chi connectivity index (χ0) is 14.5. The van der Waals surface area contributed by atoms with Crippen molar-refractivity contribution in [2.24, 2.45) is 0 Å². The maximum absolute atomic E-state index is 11.0. The van der Waals surface area contributed by atoms with Gasteiger partial charge in [-0.1, -0.05) is 13.8 Å². The molecular formula is C13H20N4O2S. The van der Waals surface area contributed by atoms with Gasteiger partial charge in [-0.2, -0.15) is 16.9 Å². The highest BCUT2D eigenvalue weighted by Gasteiger charge is 2.27. The second-order valence-corrected chi connectivity index (χ2v) is 5.88. The molecule has 0 amide bonds. The summed E-state index contributed by atoms with van der Waals surface area (Å²) in [5.74, 6) is 1.56. The molecule has 20 heavy (non-hydrogen) atoms. The molecule has 1 aliphatic heterocycles. The number of carboxylic acids is 1. The molecule has 2 heterocycles. The molecule has 1 unspecified atom stereocenters. The maximum Gasteiger partial charge on any atom is 0.305 e. The normalized spacial score (nSPS) is 19.1. The first-order valence-electron chi connectivity index (χ1n) is 6.94. The zero-order valence-corrected chi connectivity index (χ0v) is 12.7. The van der Waals surface area contributed by atoms with Crippen LogP contribution in [0.5, 0.6) is 0 Å². The fourth-order valence-corrected chi connectivity index (χ4v) is 3.40. The van der Waals surface area contributed by atoms with E-state index in [-0.39, 0.29) is 12.5 Å². The van der Waals surface area contributed by atoms with Crippen LogP contribution >= 0.6 is 11.8 Å². The Bertz CT molecular complexity index is 483. The van der Waals surface area contributed by atoms with E-state index in [0.29, 0.717) is 5.95 Å². The van der Waals surface area contributed by atoms with Crippen molar-refractivity contribution in [3.8, 4) is 0 Å². The highest BCUT2D eigenvalue weighted by molar-refractivity contribution is 7.99. The molecule has 1 fully saturated rings. The van der Waals surface area contributed by atoms with Crippen molar-refractivity contribution in [2.75, 3.05) is 23.0 Å². The van der Waals surface area contributed by atoms with E-state index < -0.39 is 5.97 Å². The molecule has 0 saturated carbocycles. The van der Waals surface area contributed by atoms with E-state index >= 15 is 0 Å². The molecule has 1 saturated heterocycles. The van der Waals surface area contributed by atoms with Gasteiger partial charge in [-0.3, -0.25) is 4.79 Å². The van der Waals surface area contributed by atoms with Crippen molar-refractivity contribution >= 4 is 23.7 Å². The van der Waals surface area contributed by atoms with Gasteiger partial charge in [0.15, 0.2) is 0 Å². The molecule has 0 aromatic carbocycles. The summed E-state index contributed by atoms with van der Waals surface area (Å²) in [6.07, 6.45) is 1.75. The molecule has 2 rings (SSSR count). The second kappa shape index (κ2) is 6.88. The van der Waals surface area contributed by atoms with Crippen molar-refractivity contribution in [2.45, 2.75) is 39.2 Å². The number of carbonyl (C=O) groups is 1. The van der Waals surface area contributed by atoms with Crippen molar-refractivity contribution in [1.82, 2.24) is 15.2 Å². The maximum atomic E-state index is 11.0. The van der Waals surface area contributed by atoms with Crippen molar-refractivity contribution < 1.29 is 9.90 Å². The quantitative estimate of drug-likeness (QED) is 0.879. The van der Waals surface area contributed by atoms with E-state index in [9.17, 15) is 4.79 Å². The van der Waals surface area contributed by atoms with Crippen LogP contribution in [0.1, 0.15) is 31.7 Å². The third-order valence-electron chi connectivity index (χ3n) is 3.39. The summed E-state index contributed by atoms with van der Waals surface area (Å²) in [7, 11) is 0. The Hall–Kier alpha value is -1.37. The molecule has 0 spiro atoms. The van der Waals surface area contributed by atoms with Gasteiger partial charge in [-0.05, 0) is 12.8 Å². The van der Waals surface area contributed by atoms with E-state index in [0.717, 1.165) is 42.3 Å². The van der Waals surface area contributed by atoms with Gasteiger partial charge in [0.2, 0.25) is 5.95 Å². The Morgan fingerprint density at radius 1 is 1.35 bits per heavy atom. The predicted molar refractivity (Wildman–Crippen MR) is 79.3 cm³/mol. The average molecular weight is 296 g/mol. The minimum absolute atomic E-state index is 0.0507. The molecule has 1 aromatic heterocycles. The van der Waals surface area contributed by atoms with Gasteiger partial charge in [-0.25, -0.2) is 4.98 Å². The third kappa shape index (κ3) is 3.39. The topological polar surface area (TPSA) is 79.2 Å². The molecule has 0 radical (unpaired) electrons. The molecule has 1 N–H and O–H groups in total. The van der Waals surface area contributed by atoms with Crippen LogP contribution in [0.3, 0.4) is 0 Å². The number of nitrogens with zero attached hydrogens (tertiary/aromatic N) is 4. The highest BCUT2D eigenvalue weighted by atomic mass is 32.2. The first kappa shape index (κ1) is 15.0. The van der Waals surface area contributed by atoms with Gasteiger partial charge in [-0.15, -0.1) is 5.10 Å². The van der Waals surface area contributed by atoms with Gasteiger partial charge in [0.25, 0.3) is 0 Å². The highest BCUT2D eigenvalue weighted by Crippen LogP contribution is 2.23. The average Bonchev–Trinajstić information content (AvgIpc) is 2.46. The van der Waals surface area contributed by atoms with E-state index in [1.807, 2.05) is 18.7 Å². The number of rotatable bonds is 5. The minimum atomic E-state index is -0.781. The summed E-state index contributed by atoms with van der Waals surface area (Å²) in [5.41, 5.74) is 1.89. The lowest BCUT2D eigenvalue weighted by Crippen LogP contribution is -2.45. The predicted octanol–water partition coefficient (Wildman–Crippen LogP) is 1.39. The minimum Gasteiger partial charge on any atom is -0.481 e. The number of thioether (sulfide) groups is 1. The largest absolute Gasteiger partial charge is 0.481 e. The molecule has 6 nitrogen and oxygen atoms in total. The van der Waals surface area contributed by atoms with E-state index in [2.05, 4.69) is 15.2 Å². The molecule has 1 aromatic rings. The van der Waals surface area contributed by atoms with Gasteiger partial charge >= 0.3 is 5.97 Å². The fraction of sp³-hybridized carbons (Fsp3) is 0.692. The summed E-state index contributed by atoms with van der Waals surface area (Å²) in [4.78, 5) is 17.6. The van der Waals surface area contributed by atoms with Crippen LogP contribution in [-0.4, -0.2) is 50.3 Å². The molecular weight excluding hydrogens is 276 g/mol. The number of aromatic nitrogens is 3. The fourth-order valence-electron chi connectivity index (χ4n) is 2.34. The summed E-state index contributed by atoms with van der Waals surface area (Å²) in [6, 6.07) is -0.0507. The van der Waals surface area contributed by atoms with Crippen LogP contribution in [0, 0.1) is 0 Å². The monoisotopic (exact) mass is 296 g/mol. The lowest BCUT2D eigenvalue weighted by atomic mass is 10.2. The molecule has 1 aliphatic rings. The van der Waals surface area contributed by atoms with Gasteiger partial charge in [0.1, 0.15) is 0 Å². The van der Waals surface area contributed by atoms with Crippen LogP contribution in [0.2, 0.25) is 0 Å². The number of aryl methyl sites for hydroxylation is 2. The van der Waals surface area contributed by atoms with Crippen LogP contribution < -0.4 is 4.90 Å². The van der Waals surface area contributed by atoms with Crippen molar-refractivity contribution in [3.05, 3.63) is 11.4 Å². The SMILES string of the molecule is CCc1nnc(N2CCSCC2CC(=O)O)nc1CC. The van der Waals surface area contributed by atoms with Crippen LogP contribution in [0.15, 0.2) is 0 Å². The summed E-state index contributed by atoms with van der Waals surface area (Å²) in [5, 5.41) is 17.5. The lowest BCUT2D eigenvalue weighted by Gasteiger charge is -2.34. The van der Waals surface area contributed by atoms with Crippen molar-refractivity contribution in [1.29, 1.82) is 0 Å².